The molecule has 2 atom stereocenters. The summed E-state index contributed by atoms with van der Waals surface area (Å²) in [4.78, 5) is 24.4. The third-order valence-corrected chi connectivity index (χ3v) is 3.74. The van der Waals surface area contributed by atoms with Gasteiger partial charge in [0.15, 0.2) is 0 Å². The zero-order chi connectivity index (χ0) is 19.0. The van der Waals surface area contributed by atoms with Crippen LogP contribution in [0, 0.1) is 17.8 Å². The van der Waals surface area contributed by atoms with E-state index in [1.165, 1.54) is 0 Å². The topological polar surface area (TPSA) is 63.6 Å². The van der Waals surface area contributed by atoms with Crippen LogP contribution in [-0.4, -0.2) is 22.6 Å². The van der Waals surface area contributed by atoms with E-state index < -0.39 is 29.4 Å². The smallest absolute Gasteiger partial charge is 0.310 e. The average molecular weight is 346 g/mol. The first-order chi connectivity index (χ1) is 11.6. The van der Waals surface area contributed by atoms with Crippen LogP contribution in [0.2, 0.25) is 0 Å². The maximum Gasteiger partial charge on any atom is 0.310 e. The van der Waals surface area contributed by atoms with Gasteiger partial charge in [0, 0.05) is 0 Å². The van der Waals surface area contributed by atoms with Gasteiger partial charge in [0.25, 0.3) is 0 Å². The van der Waals surface area contributed by atoms with E-state index >= 15 is 0 Å². The van der Waals surface area contributed by atoms with Crippen molar-refractivity contribution in [2.24, 2.45) is 17.8 Å². The number of rotatable bonds is 8. The number of benzene rings is 1. The van der Waals surface area contributed by atoms with E-state index in [9.17, 15) is 14.7 Å². The molecule has 0 bridgehead atoms. The normalized spacial score (nSPS) is 14.5. The molecule has 138 valence electrons. The minimum absolute atomic E-state index is 0.184. The lowest BCUT2D eigenvalue weighted by Gasteiger charge is -2.27. The number of carboxylic acids is 1. The van der Waals surface area contributed by atoms with Crippen LogP contribution in [0.3, 0.4) is 0 Å². The number of hydrogen-bond acceptors (Lipinski definition) is 3. The van der Waals surface area contributed by atoms with E-state index in [2.05, 4.69) is 0 Å². The summed E-state index contributed by atoms with van der Waals surface area (Å²) >= 11 is 0. The number of carbonyl (C=O) groups is 2. The zero-order valence-electron chi connectivity index (χ0n) is 15.9. The Bertz CT molecular complexity index is 582. The molecule has 0 aliphatic rings. The molecule has 1 aromatic rings. The van der Waals surface area contributed by atoms with Crippen LogP contribution in [0.1, 0.15) is 53.0 Å². The van der Waals surface area contributed by atoms with Gasteiger partial charge in [0.05, 0.1) is 11.8 Å². The molecule has 0 aliphatic heterocycles. The lowest BCUT2D eigenvalue weighted by atomic mass is 9.83. The SMILES string of the molecule is CC(C)C[C@@H](C(=O)O)C(C/C=C/c1ccccc1)C(=O)OC(C)(C)C. The molecule has 0 aromatic heterocycles. The molecule has 0 saturated carbocycles. The summed E-state index contributed by atoms with van der Waals surface area (Å²) in [6, 6.07) is 9.72. The highest BCUT2D eigenvalue weighted by Gasteiger charge is 2.36. The highest BCUT2D eigenvalue weighted by molar-refractivity contribution is 5.81. The van der Waals surface area contributed by atoms with Gasteiger partial charge in [-0.2, -0.15) is 0 Å². The van der Waals surface area contributed by atoms with Crippen molar-refractivity contribution in [3.05, 3.63) is 42.0 Å². The molecule has 0 aliphatic carbocycles. The Labute approximate surface area is 150 Å². The number of esters is 1. The van der Waals surface area contributed by atoms with Crippen molar-refractivity contribution in [2.75, 3.05) is 0 Å². The zero-order valence-corrected chi connectivity index (χ0v) is 15.9. The molecule has 1 unspecified atom stereocenters. The molecule has 25 heavy (non-hydrogen) atoms. The summed E-state index contributed by atoms with van der Waals surface area (Å²) in [5, 5.41) is 9.62. The average Bonchev–Trinajstić information content (AvgIpc) is 2.48. The second kappa shape index (κ2) is 9.40. The van der Waals surface area contributed by atoms with Crippen LogP contribution in [0.5, 0.6) is 0 Å². The molecule has 0 radical (unpaired) electrons. The monoisotopic (exact) mass is 346 g/mol. The molecule has 1 aromatic carbocycles. The van der Waals surface area contributed by atoms with E-state index in [1.807, 2.05) is 56.3 Å². The molecular formula is C21H30O4. The van der Waals surface area contributed by atoms with Gasteiger partial charge in [-0.05, 0) is 45.1 Å². The number of ether oxygens (including phenoxy) is 1. The third kappa shape index (κ3) is 8.01. The van der Waals surface area contributed by atoms with Crippen LogP contribution >= 0.6 is 0 Å². The minimum atomic E-state index is -0.947. The first-order valence-electron chi connectivity index (χ1n) is 8.77. The second-order valence-corrected chi connectivity index (χ2v) is 7.76. The van der Waals surface area contributed by atoms with Crippen molar-refractivity contribution in [2.45, 2.75) is 53.1 Å². The van der Waals surface area contributed by atoms with Crippen molar-refractivity contribution < 1.29 is 19.4 Å². The van der Waals surface area contributed by atoms with Crippen molar-refractivity contribution in [3.8, 4) is 0 Å². The van der Waals surface area contributed by atoms with E-state index in [0.717, 1.165) is 5.56 Å². The van der Waals surface area contributed by atoms with Gasteiger partial charge in [0.2, 0.25) is 0 Å². The van der Waals surface area contributed by atoms with E-state index in [4.69, 9.17) is 4.74 Å². The summed E-state index contributed by atoms with van der Waals surface area (Å²) in [5.74, 6) is -2.66. The van der Waals surface area contributed by atoms with Gasteiger partial charge in [-0.3, -0.25) is 9.59 Å². The van der Waals surface area contributed by atoms with Crippen molar-refractivity contribution >= 4 is 18.0 Å². The molecule has 0 saturated heterocycles. The molecule has 4 heteroatoms. The number of carboxylic acid groups (broad SMARTS) is 1. The van der Waals surface area contributed by atoms with Crippen molar-refractivity contribution in [1.29, 1.82) is 0 Å². The fraction of sp³-hybridized carbons (Fsp3) is 0.524. The molecule has 1 N–H and O–H groups in total. The fourth-order valence-electron chi connectivity index (χ4n) is 2.66. The fourth-order valence-corrected chi connectivity index (χ4v) is 2.66. The molecule has 0 amide bonds. The maximum atomic E-state index is 12.6. The quantitative estimate of drug-likeness (QED) is 0.687. The molecule has 4 nitrogen and oxygen atoms in total. The Morgan fingerprint density at radius 3 is 2.20 bits per heavy atom. The van der Waals surface area contributed by atoms with Crippen LogP contribution in [0.25, 0.3) is 6.08 Å². The highest BCUT2D eigenvalue weighted by Crippen LogP contribution is 2.27. The molecular weight excluding hydrogens is 316 g/mol. The number of allylic oxidation sites excluding steroid dienone is 1. The molecule has 0 spiro atoms. The maximum absolute atomic E-state index is 12.6. The van der Waals surface area contributed by atoms with Gasteiger partial charge in [-0.25, -0.2) is 0 Å². The van der Waals surface area contributed by atoms with Gasteiger partial charge < -0.3 is 9.84 Å². The number of hydrogen-bond donors (Lipinski definition) is 1. The summed E-state index contributed by atoms with van der Waals surface area (Å²) in [6.45, 7) is 9.30. The number of carbonyl (C=O) groups excluding carboxylic acids is 1. The minimum Gasteiger partial charge on any atom is -0.481 e. The summed E-state index contributed by atoms with van der Waals surface area (Å²) < 4.78 is 5.48. The van der Waals surface area contributed by atoms with Crippen molar-refractivity contribution in [3.63, 3.8) is 0 Å². The highest BCUT2D eigenvalue weighted by atomic mass is 16.6. The summed E-state index contributed by atoms with van der Waals surface area (Å²) in [6.07, 6.45) is 4.55. The Kier molecular flexibility index (Phi) is 7.88. The van der Waals surface area contributed by atoms with Gasteiger partial charge in [-0.15, -0.1) is 0 Å². The van der Waals surface area contributed by atoms with Crippen LogP contribution < -0.4 is 0 Å². The Morgan fingerprint density at radius 1 is 1.12 bits per heavy atom. The first kappa shape index (κ1) is 20.9. The lowest BCUT2D eigenvalue weighted by molar-refractivity contribution is -0.167. The third-order valence-electron chi connectivity index (χ3n) is 3.74. The molecule has 0 fully saturated rings. The predicted octanol–water partition coefficient (Wildman–Crippen LogP) is 4.79. The van der Waals surface area contributed by atoms with Gasteiger partial charge in [-0.1, -0.05) is 56.3 Å². The van der Waals surface area contributed by atoms with E-state index in [-0.39, 0.29) is 5.92 Å². The van der Waals surface area contributed by atoms with Crippen molar-refractivity contribution in [1.82, 2.24) is 0 Å². The second-order valence-electron chi connectivity index (χ2n) is 7.76. The van der Waals surface area contributed by atoms with E-state index in [1.54, 1.807) is 20.8 Å². The predicted molar refractivity (Wildman–Crippen MR) is 100 cm³/mol. The largest absolute Gasteiger partial charge is 0.481 e. The van der Waals surface area contributed by atoms with Crippen LogP contribution in [-0.2, 0) is 14.3 Å². The Hall–Kier alpha value is -2.10. The van der Waals surface area contributed by atoms with Crippen LogP contribution in [0.4, 0.5) is 0 Å². The molecule has 1 rings (SSSR count). The van der Waals surface area contributed by atoms with E-state index in [0.29, 0.717) is 12.8 Å². The van der Waals surface area contributed by atoms with Gasteiger partial charge >= 0.3 is 11.9 Å². The summed E-state index contributed by atoms with van der Waals surface area (Å²) in [7, 11) is 0. The first-order valence-corrected chi connectivity index (χ1v) is 8.77. The molecule has 0 heterocycles. The standard InChI is InChI=1S/C21H30O4/c1-15(2)14-18(19(22)23)17(20(24)25-21(3,4)5)13-9-12-16-10-7-6-8-11-16/h6-12,15,17-18H,13-14H2,1-5H3,(H,22,23)/b12-9+/t17?,18-/m1/s1. The Morgan fingerprint density at radius 2 is 1.72 bits per heavy atom. The Balaban J connectivity index is 2.98. The van der Waals surface area contributed by atoms with Gasteiger partial charge in [0.1, 0.15) is 5.60 Å². The lowest BCUT2D eigenvalue weighted by Crippen LogP contribution is -2.36. The summed E-state index contributed by atoms with van der Waals surface area (Å²) in [5.41, 5.74) is 0.375. The van der Waals surface area contributed by atoms with Crippen LogP contribution in [0.15, 0.2) is 36.4 Å². The number of aliphatic carboxylic acids is 1.